The van der Waals surface area contributed by atoms with Gasteiger partial charge in [-0.1, -0.05) is 29.8 Å². The summed E-state index contributed by atoms with van der Waals surface area (Å²) in [7, 11) is 0. The zero-order valence-electron chi connectivity index (χ0n) is 6.83. The average Bonchev–Trinajstić information content (AvgIpc) is 2.15. The van der Waals surface area contributed by atoms with Crippen LogP contribution in [0.3, 0.4) is 0 Å². The molecule has 1 amide bonds. The zero-order valence-corrected chi connectivity index (χ0v) is 7.58. The summed E-state index contributed by atoms with van der Waals surface area (Å²) in [6, 6.07) is 6.79. The summed E-state index contributed by atoms with van der Waals surface area (Å²) in [5.41, 5.74) is 6.48. The molecule has 2 unspecified atom stereocenters. The Morgan fingerprint density at radius 1 is 1.38 bits per heavy atom. The molecule has 1 aliphatic heterocycles. The first-order valence-corrected chi connectivity index (χ1v) is 4.38. The van der Waals surface area contributed by atoms with Gasteiger partial charge >= 0.3 is 0 Å². The summed E-state index contributed by atoms with van der Waals surface area (Å²) in [5.74, 6) is -0.120. The van der Waals surface area contributed by atoms with Gasteiger partial charge in [-0.2, -0.15) is 0 Å². The Morgan fingerprint density at radius 2 is 2.08 bits per heavy atom. The van der Waals surface area contributed by atoms with Gasteiger partial charge in [0.25, 0.3) is 0 Å². The van der Waals surface area contributed by atoms with Crippen LogP contribution in [-0.4, -0.2) is 11.9 Å². The molecular formula is C9H9ClN2O. The van der Waals surface area contributed by atoms with Gasteiger partial charge in [-0.05, 0) is 11.6 Å². The van der Waals surface area contributed by atoms with Crippen molar-refractivity contribution in [2.75, 3.05) is 0 Å². The Hall–Kier alpha value is -1.06. The van der Waals surface area contributed by atoms with Crippen LogP contribution in [0, 0.1) is 0 Å². The van der Waals surface area contributed by atoms with Crippen LogP contribution in [-0.2, 0) is 4.79 Å². The molecule has 13 heavy (non-hydrogen) atoms. The van der Waals surface area contributed by atoms with Crippen LogP contribution in [0.2, 0.25) is 5.02 Å². The lowest BCUT2D eigenvalue weighted by Gasteiger charge is -2.34. The van der Waals surface area contributed by atoms with E-state index in [1.54, 1.807) is 6.07 Å². The van der Waals surface area contributed by atoms with E-state index in [1.165, 1.54) is 0 Å². The fourth-order valence-corrected chi connectivity index (χ4v) is 1.65. The Labute approximate surface area is 80.9 Å². The molecule has 0 bridgehead atoms. The summed E-state index contributed by atoms with van der Waals surface area (Å²) in [5, 5.41) is 3.34. The van der Waals surface area contributed by atoms with E-state index in [0.29, 0.717) is 5.02 Å². The lowest BCUT2D eigenvalue weighted by Crippen LogP contribution is -2.60. The Bertz CT molecular complexity index is 353. The lowest BCUT2D eigenvalue weighted by molar-refractivity contribution is -0.130. The van der Waals surface area contributed by atoms with Gasteiger partial charge in [-0.15, -0.1) is 0 Å². The number of amides is 1. The van der Waals surface area contributed by atoms with Crippen molar-refractivity contribution in [3.8, 4) is 0 Å². The number of nitrogens with two attached hydrogens (primary N) is 1. The van der Waals surface area contributed by atoms with Crippen molar-refractivity contribution in [3.05, 3.63) is 34.9 Å². The van der Waals surface area contributed by atoms with Crippen LogP contribution in [0.25, 0.3) is 0 Å². The quantitative estimate of drug-likeness (QED) is 0.654. The fourth-order valence-electron chi connectivity index (χ4n) is 1.39. The van der Waals surface area contributed by atoms with Crippen molar-refractivity contribution in [3.63, 3.8) is 0 Å². The third kappa shape index (κ3) is 1.30. The van der Waals surface area contributed by atoms with Gasteiger partial charge in [0.2, 0.25) is 5.91 Å². The van der Waals surface area contributed by atoms with Crippen molar-refractivity contribution >= 4 is 17.5 Å². The molecule has 1 fully saturated rings. The third-order valence-corrected chi connectivity index (χ3v) is 2.54. The molecule has 0 spiro atoms. The number of carbonyl (C=O) groups excluding carboxylic acids is 1. The molecule has 0 aromatic heterocycles. The number of β-lactam (4-membered cyclic amide) rings is 1. The molecule has 3 N–H and O–H groups in total. The first-order chi connectivity index (χ1) is 6.20. The minimum absolute atomic E-state index is 0.120. The molecule has 0 radical (unpaired) electrons. The van der Waals surface area contributed by atoms with Crippen molar-refractivity contribution in [2.45, 2.75) is 12.1 Å². The molecule has 3 nitrogen and oxygen atoms in total. The summed E-state index contributed by atoms with van der Waals surface area (Å²) >= 11 is 5.94. The minimum Gasteiger partial charge on any atom is -0.346 e. The first kappa shape index (κ1) is 8.53. The molecule has 0 aliphatic carbocycles. The largest absolute Gasteiger partial charge is 0.346 e. The second kappa shape index (κ2) is 3.01. The highest BCUT2D eigenvalue weighted by Gasteiger charge is 2.37. The Morgan fingerprint density at radius 3 is 2.62 bits per heavy atom. The minimum atomic E-state index is -0.458. The highest BCUT2D eigenvalue weighted by atomic mass is 35.5. The number of carbonyl (C=O) groups is 1. The van der Waals surface area contributed by atoms with Gasteiger partial charge in [0.05, 0.1) is 6.04 Å². The van der Waals surface area contributed by atoms with Gasteiger partial charge in [-0.25, -0.2) is 0 Å². The number of hydrogen-bond donors (Lipinski definition) is 2. The molecule has 0 saturated carbocycles. The second-order valence-corrected chi connectivity index (χ2v) is 3.44. The maximum Gasteiger partial charge on any atom is 0.239 e. The van der Waals surface area contributed by atoms with Crippen LogP contribution in [0.4, 0.5) is 0 Å². The molecule has 1 aromatic rings. The number of halogens is 1. The summed E-state index contributed by atoms with van der Waals surface area (Å²) in [6.07, 6.45) is 0. The van der Waals surface area contributed by atoms with Crippen LogP contribution in [0.1, 0.15) is 11.6 Å². The van der Waals surface area contributed by atoms with E-state index < -0.39 is 6.04 Å². The summed E-state index contributed by atoms with van der Waals surface area (Å²) in [4.78, 5) is 10.8. The van der Waals surface area contributed by atoms with Crippen molar-refractivity contribution in [2.24, 2.45) is 5.73 Å². The van der Waals surface area contributed by atoms with Crippen LogP contribution in [0.5, 0.6) is 0 Å². The normalized spacial score (nSPS) is 26.5. The van der Waals surface area contributed by atoms with E-state index in [9.17, 15) is 4.79 Å². The topological polar surface area (TPSA) is 55.1 Å². The predicted octanol–water partition coefficient (Wildman–Crippen LogP) is 0.838. The van der Waals surface area contributed by atoms with Crippen LogP contribution < -0.4 is 11.1 Å². The van der Waals surface area contributed by atoms with E-state index in [2.05, 4.69) is 5.32 Å². The SMILES string of the molecule is NC1C(=O)NC1c1ccccc1Cl. The Balaban J connectivity index is 2.27. The van der Waals surface area contributed by atoms with Gasteiger partial charge in [-0.3, -0.25) is 4.79 Å². The van der Waals surface area contributed by atoms with E-state index in [0.717, 1.165) is 5.56 Å². The molecule has 1 aliphatic rings. The van der Waals surface area contributed by atoms with Gasteiger partial charge in [0, 0.05) is 5.02 Å². The molecule has 68 valence electrons. The van der Waals surface area contributed by atoms with Gasteiger partial charge in [0.1, 0.15) is 6.04 Å². The summed E-state index contributed by atoms with van der Waals surface area (Å²) < 4.78 is 0. The van der Waals surface area contributed by atoms with Crippen molar-refractivity contribution in [1.29, 1.82) is 0 Å². The highest BCUT2D eigenvalue weighted by Crippen LogP contribution is 2.28. The number of rotatable bonds is 1. The van der Waals surface area contributed by atoms with E-state index in [4.69, 9.17) is 17.3 Å². The zero-order chi connectivity index (χ0) is 9.42. The molecule has 2 rings (SSSR count). The Kier molecular flexibility index (Phi) is 1.98. The number of nitrogens with one attached hydrogen (secondary N) is 1. The highest BCUT2D eigenvalue weighted by molar-refractivity contribution is 6.31. The van der Waals surface area contributed by atoms with Crippen LogP contribution in [0.15, 0.2) is 24.3 Å². The first-order valence-electron chi connectivity index (χ1n) is 4.00. The maximum atomic E-state index is 10.8. The smallest absolute Gasteiger partial charge is 0.239 e. The van der Waals surface area contributed by atoms with E-state index in [-0.39, 0.29) is 11.9 Å². The van der Waals surface area contributed by atoms with Crippen LogP contribution >= 0.6 is 11.6 Å². The monoisotopic (exact) mass is 196 g/mol. The molecule has 1 heterocycles. The summed E-state index contributed by atoms with van der Waals surface area (Å²) in [6.45, 7) is 0. The second-order valence-electron chi connectivity index (χ2n) is 3.03. The van der Waals surface area contributed by atoms with Gasteiger partial charge < -0.3 is 11.1 Å². The fraction of sp³-hybridized carbons (Fsp3) is 0.222. The molecule has 2 atom stereocenters. The van der Waals surface area contributed by atoms with Crippen molar-refractivity contribution < 1.29 is 4.79 Å². The lowest BCUT2D eigenvalue weighted by atomic mass is 9.92. The standard InChI is InChI=1S/C9H9ClN2O/c10-6-4-2-1-3-5(6)8-7(11)9(13)12-8/h1-4,7-8H,11H2,(H,12,13). The third-order valence-electron chi connectivity index (χ3n) is 2.20. The van der Waals surface area contributed by atoms with E-state index in [1.807, 2.05) is 18.2 Å². The molecular weight excluding hydrogens is 188 g/mol. The van der Waals surface area contributed by atoms with E-state index >= 15 is 0 Å². The molecule has 1 aromatic carbocycles. The van der Waals surface area contributed by atoms with Gasteiger partial charge in [0.15, 0.2) is 0 Å². The number of hydrogen-bond acceptors (Lipinski definition) is 2. The maximum absolute atomic E-state index is 10.8. The molecule has 4 heteroatoms. The predicted molar refractivity (Wildman–Crippen MR) is 50.3 cm³/mol. The van der Waals surface area contributed by atoms with Crippen molar-refractivity contribution in [1.82, 2.24) is 5.32 Å². The molecule has 1 saturated heterocycles. The number of benzene rings is 1. The average molecular weight is 197 g/mol.